The number of rotatable bonds is 11. The minimum Gasteiger partial charge on any atom is -0.508 e. The lowest BCUT2D eigenvalue weighted by molar-refractivity contribution is -0.143. The summed E-state index contributed by atoms with van der Waals surface area (Å²) in [6.45, 7) is 3.73. The fraction of sp³-hybridized carbons (Fsp3) is 0.311. The van der Waals surface area contributed by atoms with Crippen molar-refractivity contribution in [1.29, 1.82) is 0 Å². The van der Waals surface area contributed by atoms with E-state index in [0.717, 1.165) is 34.0 Å². The molecule has 0 unspecified atom stereocenters. The second-order valence-corrected chi connectivity index (χ2v) is 27.9. The van der Waals surface area contributed by atoms with Gasteiger partial charge in [0.1, 0.15) is 93.8 Å². The van der Waals surface area contributed by atoms with Crippen LogP contribution in [0.4, 0.5) is 0 Å². The van der Waals surface area contributed by atoms with Crippen LogP contribution in [0.3, 0.4) is 0 Å². The molecule has 91 heavy (non-hydrogen) atoms. The molecule has 0 radical (unpaired) electrons. The molecule has 1 saturated carbocycles. The van der Waals surface area contributed by atoms with Gasteiger partial charge in [-0.1, -0.05) is 49.4 Å². The summed E-state index contributed by atoms with van der Waals surface area (Å²) >= 11 is 6.91. The summed E-state index contributed by atoms with van der Waals surface area (Å²) < 4.78 is 0. The van der Waals surface area contributed by atoms with E-state index >= 15 is 4.79 Å². The Morgan fingerprint density at radius 3 is 2.08 bits per heavy atom. The molecule has 9 aromatic rings. The maximum Gasteiger partial charge on any atom is 0.306 e. The molecule has 9 heterocycles. The van der Waals surface area contributed by atoms with Gasteiger partial charge in [0, 0.05) is 62.8 Å². The first-order valence-electron chi connectivity index (χ1n) is 28.8. The maximum absolute atomic E-state index is 15.2. The van der Waals surface area contributed by atoms with Crippen LogP contribution in [-0.4, -0.2) is 127 Å². The summed E-state index contributed by atoms with van der Waals surface area (Å²) in [5, 5.41) is 65.0. The van der Waals surface area contributed by atoms with E-state index in [1.807, 2.05) is 6.92 Å². The number of carbonyl (C=O) groups is 7. The number of aromatic nitrogens is 7. The van der Waals surface area contributed by atoms with Crippen LogP contribution < -0.4 is 27.0 Å². The molecular formula is C61H57N13O11S6. The number of pyridine rings is 1. The van der Waals surface area contributed by atoms with E-state index in [9.17, 15) is 49.2 Å². The van der Waals surface area contributed by atoms with Crippen molar-refractivity contribution in [1.82, 2.24) is 61.1 Å². The van der Waals surface area contributed by atoms with Gasteiger partial charge < -0.3 is 52.3 Å². The number of nitrogens with zero attached hydrogens (tertiary/aromatic N) is 8. The van der Waals surface area contributed by atoms with Gasteiger partial charge in [0.2, 0.25) is 11.8 Å². The number of carbonyl (C=O) groups excluding carboxylic acids is 6. The number of hydrogen-bond donors (Lipinski definition) is 9. The number of primary amides is 1. The number of aliphatic carboxylic acids is 1. The van der Waals surface area contributed by atoms with Gasteiger partial charge in [0.15, 0.2) is 0 Å². The molecule has 0 spiro atoms. The maximum atomic E-state index is 15.2. The molecule has 30 heteroatoms. The predicted octanol–water partition coefficient (Wildman–Crippen LogP) is 7.91. The number of carboxylic acid groups (broad SMARTS) is 1. The van der Waals surface area contributed by atoms with E-state index in [1.54, 1.807) is 77.7 Å². The Kier molecular flexibility index (Phi) is 18.3. The highest BCUT2D eigenvalue weighted by Gasteiger charge is 2.46. The third kappa shape index (κ3) is 13.6. The lowest BCUT2D eigenvalue weighted by Gasteiger charge is -2.29. The van der Waals surface area contributed by atoms with Crippen molar-refractivity contribution in [2.75, 3.05) is 13.1 Å². The SMILES string of the molecule is Cc1sc2nc1C(=O)N[C@@H]([C@H](O)c1ccccc1)c1nc(cs1)C(=O)N[C@@H](Cc1ccc(O)cc1)C(=O)N1C[C@H](O)[C@H](C)[C@H]1c1nc(cs1)-c1nc(cs1)-c1nc(-c3nc(C(=O)NCC4CCC(C(=O)O)CC4)cs3)ccc1-c1nc(cs1)C(=O)N[C@H]2CC(N)=O. The van der Waals surface area contributed by atoms with Crippen LogP contribution in [-0.2, 0) is 20.8 Å². The average molecular weight is 1340 g/mol. The molecule has 7 aromatic heterocycles. The number of carboxylic acids is 1. The van der Waals surface area contributed by atoms with Gasteiger partial charge in [-0.2, -0.15) is 0 Å². The number of nitrogens with two attached hydrogens (primary N) is 1. The van der Waals surface area contributed by atoms with E-state index < -0.39 is 84.2 Å². The number of benzene rings is 2. The molecule has 6 amide bonds. The van der Waals surface area contributed by atoms with Crippen LogP contribution in [0.2, 0.25) is 0 Å². The van der Waals surface area contributed by atoms with Gasteiger partial charge in [-0.15, -0.1) is 68.0 Å². The van der Waals surface area contributed by atoms with Gasteiger partial charge in [-0.05, 0) is 73.9 Å². The monoisotopic (exact) mass is 1340 g/mol. The molecular weight excluding hydrogens is 1280 g/mol. The number of aliphatic hydroxyl groups is 2. The first-order chi connectivity index (χ1) is 43.8. The summed E-state index contributed by atoms with van der Waals surface area (Å²) in [6.07, 6.45) is -0.372. The zero-order valence-electron chi connectivity index (χ0n) is 48.3. The zero-order chi connectivity index (χ0) is 63.8. The van der Waals surface area contributed by atoms with Crippen LogP contribution in [0.15, 0.2) is 93.6 Å². The molecule has 10 bridgehead atoms. The van der Waals surface area contributed by atoms with Crippen molar-refractivity contribution < 1.29 is 54.0 Å². The largest absolute Gasteiger partial charge is 0.508 e. The standard InChI is InChI=1S/C61H57N13O11S6/c1-27-43(76)21-74-48(27)59-71-42(26-90-59)56-67-38(22-87-56)46-34(16-17-35(64-46)55-69-39(23-88-55)50(79)63-20-30-8-12-32(13-9-30)61(84)85)54-68-40(24-86-54)51(80)65-36(19-44(62)77)57-73-45(28(2)91-57)53(82)72-47(49(78)31-6-4-3-5-7-31)58-70-41(25-89-58)52(81)66-37(60(74)83)18-29-10-14-33(75)15-11-29/h3-7,10-11,14-17,22-27,30,32,36-37,43,47-49,75-76,78H,8-9,12-13,18-21H2,1-2H3,(H2,62,77)(H,63,79)(H,65,80)(H,66,81)(H,72,82)(H,84,85)/t27-,30?,32?,36-,37-,43-,47-,48-,49+/m0/s1. The number of aryl methyl sites for hydroxylation is 1. The summed E-state index contributed by atoms with van der Waals surface area (Å²) in [7, 11) is 0. The summed E-state index contributed by atoms with van der Waals surface area (Å²) in [5.41, 5.74) is 8.76. The molecule has 7 atom stereocenters. The number of nitrogens with one attached hydrogen (secondary N) is 4. The van der Waals surface area contributed by atoms with E-state index in [2.05, 4.69) is 36.2 Å². The zero-order valence-corrected chi connectivity index (χ0v) is 53.2. The van der Waals surface area contributed by atoms with Crippen LogP contribution in [0, 0.1) is 24.7 Å². The number of fused-ring (bicyclic) bond motifs is 16. The van der Waals surface area contributed by atoms with Crippen LogP contribution in [0.5, 0.6) is 5.75 Å². The van der Waals surface area contributed by atoms with Crippen molar-refractivity contribution in [3.8, 4) is 49.1 Å². The van der Waals surface area contributed by atoms with Crippen molar-refractivity contribution in [3.05, 3.63) is 147 Å². The lowest BCUT2D eigenvalue weighted by atomic mass is 9.82. The summed E-state index contributed by atoms with van der Waals surface area (Å²) in [6, 6.07) is 13.8. The second-order valence-electron chi connectivity index (χ2n) is 22.3. The predicted molar refractivity (Wildman–Crippen MR) is 341 cm³/mol. The molecule has 12 rings (SSSR count). The van der Waals surface area contributed by atoms with Crippen LogP contribution >= 0.6 is 68.0 Å². The lowest BCUT2D eigenvalue weighted by Crippen LogP contribution is -2.50. The second kappa shape index (κ2) is 26.7. The Balaban J connectivity index is 0.921. The highest BCUT2D eigenvalue weighted by atomic mass is 32.1. The van der Waals surface area contributed by atoms with E-state index in [0.29, 0.717) is 96.6 Å². The highest BCUT2D eigenvalue weighted by Crippen LogP contribution is 2.43. The van der Waals surface area contributed by atoms with E-state index in [4.69, 9.17) is 25.7 Å². The van der Waals surface area contributed by atoms with Crippen molar-refractivity contribution in [2.45, 2.75) is 88.7 Å². The molecule has 2 fully saturated rings. The van der Waals surface area contributed by atoms with Gasteiger partial charge >= 0.3 is 5.97 Å². The molecule has 24 nitrogen and oxygen atoms in total. The van der Waals surface area contributed by atoms with Crippen LogP contribution in [0.25, 0.3) is 43.4 Å². The van der Waals surface area contributed by atoms with Crippen LogP contribution in [0.1, 0.15) is 136 Å². The van der Waals surface area contributed by atoms with Gasteiger partial charge in [-0.3, -0.25) is 33.6 Å². The normalized spacial score (nSPS) is 21.6. The molecule has 1 aliphatic carbocycles. The Labute approximate surface area is 542 Å². The Bertz CT molecular complexity index is 4230. The number of phenolic OH excluding ortho intramolecular Hbond substituents is 1. The molecule has 3 aliphatic rings. The van der Waals surface area contributed by atoms with Crippen molar-refractivity contribution >= 4 is 109 Å². The van der Waals surface area contributed by atoms with Crippen molar-refractivity contribution in [3.63, 3.8) is 0 Å². The molecule has 2 aliphatic heterocycles. The van der Waals surface area contributed by atoms with Crippen molar-refractivity contribution in [2.24, 2.45) is 23.5 Å². The number of amides is 6. The first kappa shape index (κ1) is 62.6. The van der Waals surface area contributed by atoms with E-state index in [-0.39, 0.29) is 69.2 Å². The fourth-order valence-corrected chi connectivity index (χ4v) is 16.5. The smallest absolute Gasteiger partial charge is 0.306 e. The first-order valence-corrected chi connectivity index (χ1v) is 34.0. The highest BCUT2D eigenvalue weighted by molar-refractivity contribution is 7.15. The Morgan fingerprint density at radius 2 is 1.33 bits per heavy atom. The third-order valence-electron chi connectivity index (χ3n) is 16.2. The third-order valence-corrected chi connectivity index (χ3v) is 21.7. The number of hydrogen-bond acceptors (Lipinski definition) is 23. The molecule has 2 aromatic carbocycles. The number of thiazole rings is 6. The molecule has 468 valence electrons. The minimum absolute atomic E-state index is 0.00716. The van der Waals surface area contributed by atoms with Gasteiger partial charge in [0.05, 0.1) is 36.2 Å². The average Bonchev–Trinajstić information content (AvgIpc) is 1.69. The number of aromatic hydroxyl groups is 1. The van der Waals surface area contributed by atoms with E-state index in [1.165, 1.54) is 61.8 Å². The Hall–Kier alpha value is -8.62. The minimum atomic E-state index is -1.42. The number of aliphatic hydroxyl groups excluding tert-OH is 2. The molecule has 10 N–H and O–H groups in total. The molecule has 1 saturated heterocycles. The quantitative estimate of drug-likeness (QED) is 0.0593. The topological polar surface area (TPSA) is 368 Å². The Morgan fingerprint density at radius 1 is 0.681 bits per heavy atom. The summed E-state index contributed by atoms with van der Waals surface area (Å²) in [5.74, 6) is -5.46. The summed E-state index contributed by atoms with van der Waals surface area (Å²) in [4.78, 5) is 132. The fourth-order valence-electron chi connectivity index (χ4n) is 11.2. The number of phenols is 1. The van der Waals surface area contributed by atoms with Gasteiger partial charge in [0.25, 0.3) is 23.6 Å². The van der Waals surface area contributed by atoms with Gasteiger partial charge in [-0.25, -0.2) is 34.9 Å².